The lowest BCUT2D eigenvalue weighted by atomic mass is 9.40. The smallest absolute Gasteiger partial charge is 0.330 e. The van der Waals surface area contributed by atoms with E-state index in [1.807, 2.05) is 6.92 Å². The predicted octanol–water partition coefficient (Wildman–Crippen LogP) is 5.45. The Hall–Kier alpha value is -1.32. The van der Waals surface area contributed by atoms with Crippen LogP contribution in [0.1, 0.15) is 85.5 Å². The summed E-state index contributed by atoms with van der Waals surface area (Å²) in [6.07, 6.45) is 11.2. The molecule has 4 nitrogen and oxygen atoms in total. The summed E-state index contributed by atoms with van der Waals surface area (Å²) >= 11 is 0. The Morgan fingerprint density at radius 1 is 1.07 bits per heavy atom. The Labute approximate surface area is 175 Å². The first-order valence-corrected chi connectivity index (χ1v) is 11.6. The van der Waals surface area contributed by atoms with Gasteiger partial charge in [0.1, 0.15) is 6.10 Å². The fourth-order valence-corrected chi connectivity index (χ4v) is 8.62. The number of hydrogen-bond acceptors (Lipinski definition) is 4. The Morgan fingerprint density at radius 3 is 2.48 bits per heavy atom. The zero-order chi connectivity index (χ0) is 21.1. The summed E-state index contributed by atoms with van der Waals surface area (Å²) in [6.45, 7) is 12.9. The molecule has 0 aromatic heterocycles. The molecule has 0 saturated heterocycles. The zero-order valence-electron chi connectivity index (χ0n) is 18.7. The van der Waals surface area contributed by atoms with Crippen LogP contribution >= 0.6 is 0 Å². The summed E-state index contributed by atoms with van der Waals surface area (Å²) in [5.41, 5.74) is 0.129. The lowest BCUT2D eigenvalue weighted by Crippen LogP contribution is -2.58. The van der Waals surface area contributed by atoms with Gasteiger partial charge in [0, 0.05) is 11.5 Å². The van der Waals surface area contributed by atoms with Crippen molar-refractivity contribution >= 4 is 11.9 Å². The molecule has 4 saturated carbocycles. The molecule has 0 amide bonds. The topological polar surface area (TPSA) is 52.6 Å². The van der Waals surface area contributed by atoms with E-state index in [1.165, 1.54) is 18.9 Å². The third-order valence-corrected chi connectivity index (χ3v) is 9.74. The van der Waals surface area contributed by atoms with Gasteiger partial charge in [0.05, 0.1) is 12.0 Å². The van der Waals surface area contributed by atoms with Crippen LogP contribution in [0.2, 0.25) is 0 Å². The normalized spacial score (nSPS) is 48.2. The molecule has 29 heavy (non-hydrogen) atoms. The Bertz CT molecular complexity index is 716. The highest BCUT2D eigenvalue weighted by Gasteiger charge is 2.68. The summed E-state index contributed by atoms with van der Waals surface area (Å²) in [5.74, 6) is 0.710. The van der Waals surface area contributed by atoms with Gasteiger partial charge in [0.15, 0.2) is 0 Å². The summed E-state index contributed by atoms with van der Waals surface area (Å²) in [5, 5.41) is 0. The SMILES string of the molecule is C=CC(=O)O[C@@H]1C[C@]23CC[C@H]4[C@@](C)(CCC[C@@]4(C)C(=O)OCC)[C@@H]2CC[C@@]1(C)C3. The van der Waals surface area contributed by atoms with Gasteiger partial charge in [-0.2, -0.15) is 0 Å². The van der Waals surface area contributed by atoms with Gasteiger partial charge >= 0.3 is 11.9 Å². The van der Waals surface area contributed by atoms with Crippen molar-refractivity contribution < 1.29 is 19.1 Å². The second kappa shape index (κ2) is 6.85. The lowest BCUT2D eigenvalue weighted by Gasteiger charge is -2.64. The quantitative estimate of drug-likeness (QED) is 0.463. The highest BCUT2D eigenvalue weighted by molar-refractivity contribution is 5.81. The van der Waals surface area contributed by atoms with Crippen LogP contribution in [0.25, 0.3) is 0 Å². The fourth-order valence-electron chi connectivity index (χ4n) is 8.62. The first kappa shape index (κ1) is 20.9. The molecule has 0 radical (unpaired) electrons. The monoisotopic (exact) mass is 402 g/mol. The van der Waals surface area contributed by atoms with E-state index in [-0.39, 0.29) is 39.7 Å². The van der Waals surface area contributed by atoms with Crippen LogP contribution in [0.5, 0.6) is 0 Å². The van der Waals surface area contributed by atoms with Gasteiger partial charge in [-0.25, -0.2) is 4.79 Å². The van der Waals surface area contributed by atoms with E-state index in [9.17, 15) is 9.59 Å². The van der Waals surface area contributed by atoms with Crippen LogP contribution in [0.4, 0.5) is 0 Å². The average molecular weight is 403 g/mol. The van der Waals surface area contributed by atoms with Gasteiger partial charge in [-0.15, -0.1) is 0 Å². The van der Waals surface area contributed by atoms with Gasteiger partial charge in [-0.05, 0) is 87.9 Å². The number of ether oxygens (including phenoxy) is 2. The Balaban J connectivity index is 1.65. The Kier molecular flexibility index (Phi) is 4.94. The fraction of sp³-hybridized carbons (Fsp3) is 0.840. The van der Waals surface area contributed by atoms with Crippen molar-refractivity contribution in [2.24, 2.45) is 33.5 Å². The largest absolute Gasteiger partial charge is 0.466 e. The number of hydrogen-bond donors (Lipinski definition) is 0. The average Bonchev–Trinajstić information content (AvgIpc) is 2.86. The number of esters is 2. The van der Waals surface area contributed by atoms with Crippen molar-refractivity contribution in [3.8, 4) is 0 Å². The predicted molar refractivity (Wildman–Crippen MR) is 112 cm³/mol. The molecule has 0 aliphatic heterocycles. The van der Waals surface area contributed by atoms with E-state index in [0.29, 0.717) is 18.4 Å². The van der Waals surface area contributed by atoms with Crippen LogP contribution in [0.3, 0.4) is 0 Å². The maximum Gasteiger partial charge on any atom is 0.330 e. The maximum atomic E-state index is 13.0. The third-order valence-electron chi connectivity index (χ3n) is 9.74. The molecule has 7 atom stereocenters. The van der Waals surface area contributed by atoms with Gasteiger partial charge < -0.3 is 9.47 Å². The third kappa shape index (κ3) is 2.91. The number of fused-ring (bicyclic) bond motifs is 3. The standard InChI is InChI=1S/C25H38O4/c1-6-20(26)29-19-15-25-14-10-17-23(4,18(25)9-13-22(19,3)16-25)11-8-12-24(17,5)21(27)28-7-2/h6,17-19H,1,7-16H2,2-5H3/t17-,18-,19+,22-,23+,24+,25-/m0/s1. The summed E-state index contributed by atoms with van der Waals surface area (Å²) in [7, 11) is 0. The van der Waals surface area contributed by atoms with Crippen molar-refractivity contribution in [2.75, 3.05) is 6.61 Å². The minimum atomic E-state index is -0.362. The second-order valence-corrected chi connectivity index (χ2v) is 11.2. The summed E-state index contributed by atoms with van der Waals surface area (Å²) < 4.78 is 11.4. The number of carbonyl (C=O) groups excluding carboxylic acids is 2. The van der Waals surface area contributed by atoms with E-state index in [1.54, 1.807) is 0 Å². The molecule has 162 valence electrons. The van der Waals surface area contributed by atoms with Gasteiger partial charge in [0.25, 0.3) is 0 Å². The molecule has 4 fully saturated rings. The van der Waals surface area contributed by atoms with Crippen LogP contribution in [0.15, 0.2) is 12.7 Å². The van der Waals surface area contributed by atoms with E-state index in [4.69, 9.17) is 9.47 Å². The first-order chi connectivity index (χ1) is 13.6. The van der Waals surface area contributed by atoms with Crippen molar-refractivity contribution in [3.05, 3.63) is 12.7 Å². The molecule has 0 aromatic carbocycles. The molecular formula is C25H38O4. The zero-order valence-corrected chi connectivity index (χ0v) is 18.7. The van der Waals surface area contributed by atoms with Gasteiger partial charge in [0.2, 0.25) is 0 Å². The lowest BCUT2D eigenvalue weighted by molar-refractivity contribution is -0.187. The van der Waals surface area contributed by atoms with Crippen molar-refractivity contribution in [1.29, 1.82) is 0 Å². The molecule has 0 N–H and O–H groups in total. The van der Waals surface area contributed by atoms with Crippen molar-refractivity contribution in [3.63, 3.8) is 0 Å². The van der Waals surface area contributed by atoms with Gasteiger partial charge in [-0.3, -0.25) is 4.79 Å². The van der Waals surface area contributed by atoms with E-state index >= 15 is 0 Å². The maximum absolute atomic E-state index is 13.0. The first-order valence-electron chi connectivity index (χ1n) is 11.6. The number of carbonyl (C=O) groups is 2. The minimum Gasteiger partial charge on any atom is -0.466 e. The van der Waals surface area contributed by atoms with Crippen LogP contribution in [0, 0.1) is 33.5 Å². The Morgan fingerprint density at radius 2 is 1.79 bits per heavy atom. The van der Waals surface area contributed by atoms with Gasteiger partial charge in [-0.1, -0.05) is 26.8 Å². The molecule has 4 aliphatic carbocycles. The van der Waals surface area contributed by atoms with Crippen LogP contribution in [-0.2, 0) is 19.1 Å². The molecule has 0 heterocycles. The minimum absolute atomic E-state index is 0.00168. The van der Waals surface area contributed by atoms with E-state index < -0.39 is 0 Å². The highest BCUT2D eigenvalue weighted by atomic mass is 16.5. The molecular weight excluding hydrogens is 364 g/mol. The molecule has 1 spiro atoms. The molecule has 2 bridgehead atoms. The molecule has 4 aliphatic rings. The van der Waals surface area contributed by atoms with Crippen LogP contribution in [-0.4, -0.2) is 24.6 Å². The van der Waals surface area contributed by atoms with E-state index in [0.717, 1.165) is 44.9 Å². The number of rotatable bonds is 4. The summed E-state index contributed by atoms with van der Waals surface area (Å²) in [6, 6.07) is 0. The highest BCUT2D eigenvalue weighted by Crippen LogP contribution is 2.74. The summed E-state index contributed by atoms with van der Waals surface area (Å²) in [4.78, 5) is 25.0. The molecule has 4 rings (SSSR count). The van der Waals surface area contributed by atoms with E-state index in [2.05, 4.69) is 27.4 Å². The molecule has 0 aromatic rings. The van der Waals surface area contributed by atoms with Crippen molar-refractivity contribution in [1.82, 2.24) is 0 Å². The molecule has 4 heteroatoms. The van der Waals surface area contributed by atoms with Crippen molar-refractivity contribution in [2.45, 2.75) is 91.6 Å². The van der Waals surface area contributed by atoms with Crippen LogP contribution < -0.4 is 0 Å². The second-order valence-electron chi connectivity index (χ2n) is 11.2. The molecule has 0 unspecified atom stereocenters.